The number of halogens is 3. The van der Waals surface area contributed by atoms with E-state index < -0.39 is 6.36 Å². The van der Waals surface area contributed by atoms with Crippen molar-refractivity contribution in [3.05, 3.63) is 29.8 Å². The van der Waals surface area contributed by atoms with E-state index in [1.54, 1.807) is 12.1 Å². The average Bonchev–Trinajstić information content (AvgIpc) is 3.23. The second kappa shape index (κ2) is 8.62. The molecule has 1 heterocycles. The van der Waals surface area contributed by atoms with E-state index in [0.29, 0.717) is 17.8 Å². The molecule has 28 heavy (non-hydrogen) atoms. The fraction of sp³-hybridized carbons (Fsp3) is 0.727. The summed E-state index contributed by atoms with van der Waals surface area (Å²) in [7, 11) is 0. The van der Waals surface area contributed by atoms with Crippen LogP contribution in [0.4, 0.5) is 13.2 Å². The highest BCUT2D eigenvalue weighted by atomic mass is 19.4. The molecule has 0 spiro atoms. The van der Waals surface area contributed by atoms with E-state index in [1.807, 2.05) is 0 Å². The highest BCUT2D eigenvalue weighted by molar-refractivity contribution is 5.29. The molecule has 0 aromatic heterocycles. The number of hydrogen-bond acceptors (Lipinski definition) is 3. The van der Waals surface area contributed by atoms with Crippen LogP contribution < -0.4 is 4.74 Å². The third-order valence-corrected chi connectivity index (χ3v) is 6.76. The smallest absolute Gasteiger partial charge is 0.406 e. The molecule has 0 radical (unpaired) electrons. The Morgan fingerprint density at radius 2 is 1.36 bits per heavy atom. The summed E-state index contributed by atoms with van der Waals surface area (Å²) in [6.45, 7) is 1.66. The molecule has 0 N–H and O–H groups in total. The summed E-state index contributed by atoms with van der Waals surface area (Å²) in [5.41, 5.74) is 1.08. The molecular formula is C22H29F3O3. The van der Waals surface area contributed by atoms with E-state index in [4.69, 9.17) is 9.47 Å². The topological polar surface area (TPSA) is 27.7 Å². The van der Waals surface area contributed by atoms with Gasteiger partial charge in [-0.2, -0.15) is 0 Å². The molecule has 4 rings (SSSR count). The first-order valence-corrected chi connectivity index (χ1v) is 10.6. The largest absolute Gasteiger partial charge is 0.573 e. The monoisotopic (exact) mass is 398 g/mol. The third kappa shape index (κ3) is 5.01. The highest BCUT2D eigenvalue weighted by Crippen LogP contribution is 2.41. The Hall–Kier alpha value is -1.27. The molecule has 0 amide bonds. The molecule has 3 fully saturated rings. The molecular weight excluding hydrogens is 369 g/mol. The zero-order valence-electron chi connectivity index (χ0n) is 16.1. The van der Waals surface area contributed by atoms with Crippen LogP contribution in [0.3, 0.4) is 0 Å². The van der Waals surface area contributed by atoms with Crippen LogP contribution in [0, 0.1) is 17.8 Å². The molecule has 1 saturated heterocycles. The fourth-order valence-electron chi connectivity index (χ4n) is 5.17. The first kappa shape index (κ1) is 20.0. The van der Waals surface area contributed by atoms with E-state index in [-0.39, 0.29) is 12.0 Å². The van der Waals surface area contributed by atoms with Gasteiger partial charge in [0.2, 0.25) is 0 Å². The third-order valence-electron chi connectivity index (χ3n) is 6.76. The minimum atomic E-state index is -4.64. The first-order valence-electron chi connectivity index (χ1n) is 10.6. The lowest BCUT2D eigenvalue weighted by Gasteiger charge is -2.39. The average molecular weight is 398 g/mol. The summed E-state index contributed by atoms with van der Waals surface area (Å²) in [4.78, 5) is 0. The maximum absolute atomic E-state index is 12.3. The van der Waals surface area contributed by atoms with Crippen LogP contribution in [0.2, 0.25) is 0 Å². The summed E-state index contributed by atoms with van der Waals surface area (Å²) in [6.07, 6.45) is 4.69. The lowest BCUT2D eigenvalue weighted by molar-refractivity contribution is -0.274. The summed E-state index contributed by atoms with van der Waals surface area (Å²) >= 11 is 0. The second-order valence-electron chi connectivity index (χ2n) is 8.57. The molecule has 1 aromatic carbocycles. The van der Waals surface area contributed by atoms with Crippen molar-refractivity contribution in [2.75, 3.05) is 13.2 Å². The summed E-state index contributed by atoms with van der Waals surface area (Å²) in [5, 5.41) is 0. The van der Waals surface area contributed by atoms with E-state index in [2.05, 4.69) is 4.74 Å². The predicted octanol–water partition coefficient (Wildman–Crippen LogP) is 6.04. The van der Waals surface area contributed by atoms with Gasteiger partial charge in [-0.05, 0) is 55.2 Å². The van der Waals surface area contributed by atoms with Gasteiger partial charge in [0.15, 0.2) is 6.29 Å². The van der Waals surface area contributed by atoms with Gasteiger partial charge < -0.3 is 14.2 Å². The highest BCUT2D eigenvalue weighted by Gasteiger charge is 2.36. The normalized spacial score (nSPS) is 32.4. The van der Waals surface area contributed by atoms with Gasteiger partial charge >= 0.3 is 6.36 Å². The van der Waals surface area contributed by atoms with Crippen molar-refractivity contribution in [1.29, 1.82) is 0 Å². The predicted molar refractivity (Wildman–Crippen MR) is 99.0 cm³/mol. The molecule has 0 unspecified atom stereocenters. The van der Waals surface area contributed by atoms with Crippen molar-refractivity contribution in [2.24, 2.45) is 17.8 Å². The van der Waals surface area contributed by atoms with Gasteiger partial charge in [-0.3, -0.25) is 0 Å². The Balaban J connectivity index is 1.23. The standard InChI is InChI=1S/C22H29F3O3/c23-22(24,25)28-20-11-9-17(10-12-20)16-5-7-18(8-6-16)21-26-13-19(14-27-21)15-3-1-2-4-15/h9-12,15-16,18-19,21H,1-8,13-14H2/t16-,18-,19-,21-. The number of benzene rings is 1. The number of alkyl halides is 3. The Morgan fingerprint density at radius 1 is 0.750 bits per heavy atom. The zero-order valence-corrected chi connectivity index (χ0v) is 16.1. The molecule has 6 heteroatoms. The van der Waals surface area contributed by atoms with E-state index >= 15 is 0 Å². The molecule has 2 saturated carbocycles. The maximum Gasteiger partial charge on any atom is 0.573 e. The Labute approximate surface area is 164 Å². The van der Waals surface area contributed by atoms with Crippen LogP contribution in [-0.4, -0.2) is 25.9 Å². The molecule has 1 aromatic rings. The van der Waals surface area contributed by atoms with Crippen LogP contribution in [-0.2, 0) is 9.47 Å². The summed E-state index contributed by atoms with van der Waals surface area (Å²) < 4.78 is 53.0. The van der Waals surface area contributed by atoms with Crippen molar-refractivity contribution in [1.82, 2.24) is 0 Å². The molecule has 0 bridgehead atoms. The van der Waals surface area contributed by atoms with Crippen LogP contribution in [0.25, 0.3) is 0 Å². The first-order chi connectivity index (χ1) is 13.5. The number of hydrogen-bond donors (Lipinski definition) is 0. The minimum Gasteiger partial charge on any atom is -0.406 e. The van der Waals surface area contributed by atoms with Crippen LogP contribution >= 0.6 is 0 Å². The van der Waals surface area contributed by atoms with Crippen LogP contribution in [0.15, 0.2) is 24.3 Å². The quantitative estimate of drug-likeness (QED) is 0.619. The molecule has 1 aliphatic heterocycles. The summed E-state index contributed by atoms with van der Waals surface area (Å²) in [6, 6.07) is 6.33. The van der Waals surface area contributed by atoms with Gasteiger partial charge in [-0.25, -0.2) is 0 Å². The second-order valence-corrected chi connectivity index (χ2v) is 8.57. The van der Waals surface area contributed by atoms with E-state index in [1.165, 1.54) is 37.8 Å². The Morgan fingerprint density at radius 3 is 1.93 bits per heavy atom. The fourth-order valence-corrected chi connectivity index (χ4v) is 5.17. The summed E-state index contributed by atoms with van der Waals surface area (Å²) in [5.74, 6) is 1.99. The van der Waals surface area contributed by atoms with Gasteiger partial charge in [-0.15, -0.1) is 13.2 Å². The van der Waals surface area contributed by atoms with E-state index in [0.717, 1.165) is 50.4 Å². The number of rotatable bonds is 4. The molecule has 0 atom stereocenters. The molecule has 2 aliphatic carbocycles. The van der Waals surface area contributed by atoms with Gasteiger partial charge in [0.1, 0.15) is 5.75 Å². The lowest BCUT2D eigenvalue weighted by atomic mass is 9.78. The Bertz CT molecular complexity index is 609. The van der Waals surface area contributed by atoms with Crippen molar-refractivity contribution >= 4 is 0 Å². The van der Waals surface area contributed by atoms with Crippen molar-refractivity contribution in [2.45, 2.75) is 69.9 Å². The lowest BCUT2D eigenvalue weighted by Crippen LogP contribution is -2.40. The van der Waals surface area contributed by atoms with E-state index in [9.17, 15) is 13.2 Å². The SMILES string of the molecule is FC(F)(F)Oc1ccc([C@H]2CC[C@H]([C@H]3OC[C@H](C4CCCC4)CO3)CC2)cc1. The van der Waals surface area contributed by atoms with Crippen LogP contribution in [0.1, 0.15) is 62.8 Å². The molecule has 3 nitrogen and oxygen atoms in total. The van der Waals surface area contributed by atoms with Gasteiger partial charge in [0.05, 0.1) is 13.2 Å². The van der Waals surface area contributed by atoms with Crippen molar-refractivity contribution in [3.8, 4) is 5.75 Å². The minimum absolute atomic E-state index is 0.0823. The Kier molecular flexibility index (Phi) is 6.16. The van der Waals surface area contributed by atoms with Crippen molar-refractivity contribution in [3.63, 3.8) is 0 Å². The zero-order chi connectivity index (χ0) is 19.6. The maximum atomic E-state index is 12.3. The molecule has 156 valence electrons. The molecule has 3 aliphatic rings. The number of ether oxygens (including phenoxy) is 3. The van der Waals surface area contributed by atoms with Gasteiger partial charge in [0, 0.05) is 11.8 Å². The van der Waals surface area contributed by atoms with Gasteiger partial charge in [0.25, 0.3) is 0 Å². The van der Waals surface area contributed by atoms with Crippen molar-refractivity contribution < 1.29 is 27.4 Å². The van der Waals surface area contributed by atoms with Crippen LogP contribution in [0.5, 0.6) is 5.75 Å². The van der Waals surface area contributed by atoms with Gasteiger partial charge in [-0.1, -0.05) is 37.8 Å².